The molecule has 1 fully saturated rings. The Kier molecular flexibility index (Phi) is 3.37. The summed E-state index contributed by atoms with van der Waals surface area (Å²) in [6.45, 7) is 5.36. The van der Waals surface area contributed by atoms with Gasteiger partial charge in [0.1, 0.15) is 5.60 Å². The molecule has 0 unspecified atom stereocenters. The van der Waals surface area contributed by atoms with Gasteiger partial charge in [0.15, 0.2) is 0 Å². The van der Waals surface area contributed by atoms with Gasteiger partial charge in [0.25, 0.3) is 0 Å². The molecule has 1 aliphatic carbocycles. The number of carbonyl (C=O) groups excluding carboxylic acids is 1. The smallest absolute Gasteiger partial charge is 0.434 e. The molecule has 4 nitrogen and oxygen atoms in total. The Bertz CT molecular complexity index is 204. The topological polar surface area (TPSA) is 49.8 Å². The number of carbonyl (C=O) groups is 1. The van der Waals surface area contributed by atoms with Gasteiger partial charge in [0, 0.05) is 0 Å². The Hall–Kier alpha value is -0.770. The highest BCUT2D eigenvalue weighted by Gasteiger charge is 2.29. The lowest BCUT2D eigenvalue weighted by atomic mass is 10.2. The third kappa shape index (κ3) is 3.18. The number of hydrogen-bond acceptors (Lipinski definition) is 3. The number of amides is 1. The fraction of sp³-hybridized carbons (Fsp3) is 0.900. The molecule has 1 saturated carbocycles. The largest absolute Gasteiger partial charge is 0.442 e. The summed E-state index contributed by atoms with van der Waals surface area (Å²) in [5.74, 6) is 0. The van der Waals surface area contributed by atoms with Gasteiger partial charge in [-0.1, -0.05) is 12.8 Å². The third-order valence-electron chi connectivity index (χ3n) is 2.25. The van der Waals surface area contributed by atoms with Crippen LogP contribution in [0.3, 0.4) is 0 Å². The molecule has 1 amide bonds. The van der Waals surface area contributed by atoms with Crippen molar-refractivity contribution < 1.29 is 14.7 Å². The van der Waals surface area contributed by atoms with E-state index in [1.54, 1.807) is 20.8 Å². The average molecular weight is 201 g/mol. The summed E-state index contributed by atoms with van der Waals surface area (Å²) >= 11 is 0. The van der Waals surface area contributed by atoms with Gasteiger partial charge in [-0.05, 0) is 33.6 Å². The molecular formula is C10H19NO3. The molecule has 0 spiro atoms. The van der Waals surface area contributed by atoms with Gasteiger partial charge >= 0.3 is 6.09 Å². The van der Waals surface area contributed by atoms with Crippen LogP contribution in [0.5, 0.6) is 0 Å². The van der Waals surface area contributed by atoms with E-state index in [4.69, 9.17) is 4.74 Å². The lowest BCUT2D eigenvalue weighted by Gasteiger charge is -2.26. The molecule has 14 heavy (non-hydrogen) atoms. The van der Waals surface area contributed by atoms with Crippen molar-refractivity contribution in [3.8, 4) is 0 Å². The minimum absolute atomic E-state index is 0.0511. The van der Waals surface area contributed by atoms with Gasteiger partial charge in [-0.3, -0.25) is 5.21 Å². The van der Waals surface area contributed by atoms with Crippen molar-refractivity contribution in [3.05, 3.63) is 0 Å². The van der Waals surface area contributed by atoms with Crippen LogP contribution in [-0.2, 0) is 4.74 Å². The zero-order valence-electron chi connectivity index (χ0n) is 9.12. The summed E-state index contributed by atoms with van der Waals surface area (Å²) in [4.78, 5) is 11.4. The second kappa shape index (κ2) is 4.17. The highest BCUT2D eigenvalue weighted by molar-refractivity contribution is 5.67. The van der Waals surface area contributed by atoms with Crippen LogP contribution >= 0.6 is 0 Å². The van der Waals surface area contributed by atoms with Gasteiger partial charge in [0.2, 0.25) is 0 Å². The fourth-order valence-electron chi connectivity index (χ4n) is 1.61. The molecule has 1 aliphatic rings. The molecule has 0 aliphatic heterocycles. The lowest BCUT2D eigenvalue weighted by molar-refractivity contribution is -0.118. The number of nitrogens with zero attached hydrogens (tertiary/aromatic N) is 1. The van der Waals surface area contributed by atoms with Gasteiger partial charge in [-0.2, -0.15) is 5.06 Å². The molecule has 0 aromatic carbocycles. The van der Waals surface area contributed by atoms with Gasteiger partial charge in [-0.15, -0.1) is 0 Å². The van der Waals surface area contributed by atoms with Crippen LogP contribution in [0.4, 0.5) is 4.79 Å². The summed E-state index contributed by atoms with van der Waals surface area (Å²) in [6, 6.07) is -0.0511. The van der Waals surface area contributed by atoms with Gasteiger partial charge in [-0.25, -0.2) is 4.79 Å². The molecule has 0 aromatic heterocycles. The molecule has 1 rings (SSSR count). The van der Waals surface area contributed by atoms with Crippen molar-refractivity contribution in [2.45, 2.75) is 58.1 Å². The first-order valence-electron chi connectivity index (χ1n) is 5.11. The zero-order valence-corrected chi connectivity index (χ0v) is 9.12. The predicted octanol–water partition coefficient (Wildman–Crippen LogP) is 2.56. The van der Waals surface area contributed by atoms with E-state index in [2.05, 4.69) is 0 Å². The molecule has 0 bridgehead atoms. The van der Waals surface area contributed by atoms with Crippen LogP contribution in [0.25, 0.3) is 0 Å². The van der Waals surface area contributed by atoms with E-state index in [9.17, 15) is 10.0 Å². The van der Waals surface area contributed by atoms with Crippen LogP contribution in [0.2, 0.25) is 0 Å². The molecule has 1 N–H and O–H groups in total. The molecule has 0 atom stereocenters. The Balaban J connectivity index is 2.43. The standard InChI is InChI=1S/C10H19NO3/c1-10(2,3)14-9(12)11(13)8-6-4-5-7-8/h8,13H,4-7H2,1-3H3. The van der Waals surface area contributed by atoms with E-state index in [-0.39, 0.29) is 6.04 Å². The summed E-state index contributed by atoms with van der Waals surface area (Å²) in [6.07, 6.45) is 3.25. The molecule has 0 aromatic rings. The monoisotopic (exact) mass is 201 g/mol. The third-order valence-corrected chi connectivity index (χ3v) is 2.25. The van der Waals surface area contributed by atoms with Crippen molar-refractivity contribution in [3.63, 3.8) is 0 Å². The Morgan fingerprint density at radius 2 is 1.86 bits per heavy atom. The van der Waals surface area contributed by atoms with Crippen LogP contribution in [0, 0.1) is 0 Å². The summed E-state index contributed by atoms with van der Waals surface area (Å²) in [5, 5.41) is 10.3. The van der Waals surface area contributed by atoms with Crippen LogP contribution in [0.1, 0.15) is 46.5 Å². The van der Waals surface area contributed by atoms with Crippen LogP contribution in [-0.4, -0.2) is 28.0 Å². The highest BCUT2D eigenvalue weighted by Crippen LogP contribution is 2.23. The van der Waals surface area contributed by atoms with E-state index in [1.165, 1.54) is 0 Å². The quantitative estimate of drug-likeness (QED) is 0.524. The summed E-state index contributed by atoms with van der Waals surface area (Å²) in [5.41, 5.74) is -0.545. The minimum atomic E-state index is -0.635. The van der Waals surface area contributed by atoms with Gasteiger partial charge in [0.05, 0.1) is 6.04 Å². The fourth-order valence-corrected chi connectivity index (χ4v) is 1.61. The molecule has 0 heterocycles. The molecule has 4 heteroatoms. The van der Waals surface area contributed by atoms with E-state index >= 15 is 0 Å². The maximum absolute atomic E-state index is 11.4. The molecule has 0 saturated heterocycles. The normalized spacial score (nSPS) is 18.3. The van der Waals surface area contributed by atoms with E-state index in [0.29, 0.717) is 0 Å². The van der Waals surface area contributed by atoms with Crippen molar-refractivity contribution >= 4 is 6.09 Å². The maximum atomic E-state index is 11.4. The van der Waals surface area contributed by atoms with Crippen molar-refractivity contribution in [1.29, 1.82) is 0 Å². The molecular weight excluding hydrogens is 182 g/mol. The Morgan fingerprint density at radius 1 is 1.36 bits per heavy atom. The molecule has 82 valence electrons. The average Bonchev–Trinajstić information content (AvgIpc) is 2.51. The predicted molar refractivity (Wildman–Crippen MR) is 52.1 cm³/mol. The Labute approximate surface area is 84.8 Å². The molecule has 0 radical (unpaired) electrons. The number of ether oxygens (including phenoxy) is 1. The minimum Gasteiger partial charge on any atom is -0.442 e. The second-order valence-electron chi connectivity index (χ2n) is 4.76. The Morgan fingerprint density at radius 3 is 2.29 bits per heavy atom. The SMILES string of the molecule is CC(C)(C)OC(=O)N(O)C1CCCC1. The first-order valence-corrected chi connectivity index (χ1v) is 5.11. The summed E-state index contributed by atoms with van der Waals surface area (Å²) < 4.78 is 5.05. The maximum Gasteiger partial charge on any atom is 0.434 e. The van der Waals surface area contributed by atoms with Crippen molar-refractivity contribution in [1.82, 2.24) is 5.06 Å². The number of hydrogen-bond donors (Lipinski definition) is 1. The lowest BCUT2D eigenvalue weighted by Crippen LogP contribution is -2.39. The van der Waals surface area contributed by atoms with Crippen LogP contribution in [0.15, 0.2) is 0 Å². The first kappa shape index (κ1) is 11.3. The van der Waals surface area contributed by atoms with Crippen molar-refractivity contribution in [2.24, 2.45) is 0 Å². The summed E-state index contributed by atoms with van der Waals surface area (Å²) in [7, 11) is 0. The number of hydroxylamine groups is 2. The van der Waals surface area contributed by atoms with Gasteiger partial charge < -0.3 is 4.74 Å². The van der Waals surface area contributed by atoms with Crippen molar-refractivity contribution in [2.75, 3.05) is 0 Å². The van der Waals surface area contributed by atoms with Crippen LogP contribution < -0.4 is 0 Å². The first-order chi connectivity index (χ1) is 6.40. The van der Waals surface area contributed by atoms with E-state index in [0.717, 1.165) is 30.7 Å². The zero-order chi connectivity index (χ0) is 10.8. The van der Waals surface area contributed by atoms with E-state index in [1.807, 2.05) is 0 Å². The highest BCUT2D eigenvalue weighted by atomic mass is 16.6. The second-order valence-corrected chi connectivity index (χ2v) is 4.76. The van der Waals surface area contributed by atoms with E-state index < -0.39 is 11.7 Å². The number of rotatable bonds is 1.